The first-order chi connectivity index (χ1) is 11.7. The number of piperidine rings is 1. The normalized spacial score (nSPS) is 32.6. The van der Waals surface area contributed by atoms with E-state index in [9.17, 15) is 4.79 Å². The third kappa shape index (κ3) is 4.30. The Morgan fingerprint density at radius 2 is 1.71 bits per heavy atom. The van der Waals surface area contributed by atoms with E-state index in [0.29, 0.717) is 18.5 Å². The Morgan fingerprint density at radius 3 is 2.46 bits per heavy atom. The van der Waals surface area contributed by atoms with Gasteiger partial charge in [-0.25, -0.2) is 0 Å². The summed E-state index contributed by atoms with van der Waals surface area (Å²) in [4.78, 5) is 20.0. The summed E-state index contributed by atoms with van der Waals surface area (Å²) in [5, 5.41) is 0. The second-order valence-electron chi connectivity index (χ2n) is 7.98. The third-order valence-corrected chi connectivity index (χ3v) is 6.49. The summed E-state index contributed by atoms with van der Waals surface area (Å²) in [5.41, 5.74) is 0. The minimum absolute atomic E-state index is 0.379. The zero-order chi connectivity index (χ0) is 16.9. The van der Waals surface area contributed by atoms with Crippen LogP contribution in [-0.4, -0.2) is 86.2 Å². The maximum absolute atomic E-state index is 12.9. The number of methoxy groups -OCH3 is 1. The fourth-order valence-electron chi connectivity index (χ4n) is 4.90. The molecule has 1 aliphatic carbocycles. The third-order valence-electron chi connectivity index (χ3n) is 6.49. The molecule has 5 nitrogen and oxygen atoms in total. The van der Waals surface area contributed by atoms with E-state index in [0.717, 1.165) is 57.7 Å². The summed E-state index contributed by atoms with van der Waals surface area (Å²) < 4.78 is 5.16. The average Bonchev–Trinajstić information content (AvgIpc) is 2.61. The van der Waals surface area contributed by atoms with Crippen molar-refractivity contribution in [2.75, 3.05) is 59.5 Å². The molecule has 24 heavy (non-hydrogen) atoms. The Hall–Kier alpha value is -0.650. The molecule has 3 aliphatic rings. The molecule has 0 aromatic heterocycles. The number of fused-ring (bicyclic) bond motifs is 1. The van der Waals surface area contributed by atoms with Crippen LogP contribution in [0.2, 0.25) is 0 Å². The van der Waals surface area contributed by atoms with Gasteiger partial charge in [-0.3, -0.25) is 14.6 Å². The van der Waals surface area contributed by atoms with Gasteiger partial charge in [-0.15, -0.1) is 0 Å². The first-order valence-electron chi connectivity index (χ1n) is 9.92. The van der Waals surface area contributed by atoms with Crippen LogP contribution in [0.15, 0.2) is 0 Å². The lowest BCUT2D eigenvalue weighted by Crippen LogP contribution is -2.56. The molecular formula is C19H35N3O2. The van der Waals surface area contributed by atoms with Crippen LogP contribution in [0.25, 0.3) is 0 Å². The first kappa shape index (κ1) is 18.2. The number of hydrogen-bond acceptors (Lipinski definition) is 4. The maximum Gasteiger partial charge on any atom is 0.237 e. The van der Waals surface area contributed by atoms with Gasteiger partial charge in [0.2, 0.25) is 5.91 Å². The largest absolute Gasteiger partial charge is 0.383 e. The van der Waals surface area contributed by atoms with Gasteiger partial charge < -0.3 is 9.64 Å². The number of carbonyl (C=O) groups excluding carboxylic acids is 1. The van der Waals surface area contributed by atoms with Crippen LogP contribution < -0.4 is 0 Å². The van der Waals surface area contributed by atoms with Gasteiger partial charge in [0.1, 0.15) is 0 Å². The van der Waals surface area contributed by atoms with E-state index in [1.807, 2.05) is 0 Å². The molecule has 2 saturated heterocycles. The van der Waals surface area contributed by atoms with E-state index in [1.54, 1.807) is 7.11 Å². The van der Waals surface area contributed by atoms with E-state index in [1.165, 1.54) is 32.1 Å². The molecule has 0 aromatic carbocycles. The second-order valence-corrected chi connectivity index (χ2v) is 7.98. The van der Waals surface area contributed by atoms with Crippen molar-refractivity contribution in [1.82, 2.24) is 14.7 Å². The van der Waals surface area contributed by atoms with Crippen LogP contribution in [-0.2, 0) is 9.53 Å². The highest BCUT2D eigenvalue weighted by Gasteiger charge is 2.39. The van der Waals surface area contributed by atoms with E-state index in [-0.39, 0.29) is 0 Å². The van der Waals surface area contributed by atoms with Crippen molar-refractivity contribution in [3.8, 4) is 0 Å². The number of rotatable bonds is 5. The van der Waals surface area contributed by atoms with Crippen molar-refractivity contribution in [1.29, 1.82) is 0 Å². The van der Waals surface area contributed by atoms with Crippen LogP contribution in [0.3, 0.4) is 0 Å². The molecule has 2 heterocycles. The molecule has 3 rings (SSSR count). The van der Waals surface area contributed by atoms with Crippen molar-refractivity contribution in [3.63, 3.8) is 0 Å². The van der Waals surface area contributed by atoms with Crippen molar-refractivity contribution in [3.05, 3.63) is 0 Å². The lowest BCUT2D eigenvalue weighted by Gasteiger charge is -2.48. The van der Waals surface area contributed by atoms with Gasteiger partial charge in [0.15, 0.2) is 0 Å². The van der Waals surface area contributed by atoms with E-state index in [4.69, 9.17) is 4.74 Å². The zero-order valence-electron chi connectivity index (χ0n) is 15.6. The topological polar surface area (TPSA) is 36.0 Å². The Kier molecular flexibility index (Phi) is 6.53. The second kappa shape index (κ2) is 8.63. The molecule has 0 N–H and O–H groups in total. The van der Waals surface area contributed by atoms with E-state index in [2.05, 4.69) is 21.6 Å². The number of likely N-dealkylation sites (tertiary alicyclic amines) is 1. The fraction of sp³-hybridized carbons (Fsp3) is 0.947. The summed E-state index contributed by atoms with van der Waals surface area (Å²) in [5.74, 6) is 1.93. The molecule has 2 aliphatic heterocycles. The number of carbonyl (C=O) groups is 1. The van der Waals surface area contributed by atoms with Crippen LogP contribution in [0.4, 0.5) is 0 Å². The standard InChI is InChI=1S/C19H35N3O2/c1-16-7-8-22(18-6-4-3-5-17(16)18)19(23)15-21-11-9-20(10-12-21)13-14-24-2/h16-18H,3-15H2,1-2H3/t16-,17-,18+/m0/s1. The van der Waals surface area contributed by atoms with Crippen LogP contribution in [0, 0.1) is 11.8 Å². The molecule has 0 unspecified atom stereocenters. The van der Waals surface area contributed by atoms with E-state index < -0.39 is 0 Å². The number of amides is 1. The van der Waals surface area contributed by atoms with Gasteiger partial charge in [-0.1, -0.05) is 19.8 Å². The van der Waals surface area contributed by atoms with Crippen LogP contribution in [0.1, 0.15) is 39.0 Å². The Balaban J connectivity index is 1.48. The molecule has 5 heteroatoms. The van der Waals surface area contributed by atoms with Crippen molar-refractivity contribution in [2.45, 2.75) is 45.1 Å². The van der Waals surface area contributed by atoms with Gasteiger partial charge in [-0.05, 0) is 31.1 Å². The molecular weight excluding hydrogens is 302 g/mol. The predicted octanol–water partition coefficient (Wildman–Crippen LogP) is 1.68. The van der Waals surface area contributed by atoms with Crippen LogP contribution >= 0.6 is 0 Å². The Morgan fingerprint density at radius 1 is 1.00 bits per heavy atom. The van der Waals surface area contributed by atoms with Crippen molar-refractivity contribution < 1.29 is 9.53 Å². The smallest absolute Gasteiger partial charge is 0.237 e. The number of nitrogens with zero attached hydrogens (tertiary/aromatic N) is 3. The SMILES string of the molecule is COCCN1CCN(CC(=O)N2CC[C@H](C)[C@@H]3CCCC[C@H]32)CC1. The van der Waals surface area contributed by atoms with Gasteiger partial charge in [0.25, 0.3) is 0 Å². The summed E-state index contributed by atoms with van der Waals surface area (Å²) in [6.45, 7) is 9.93. The highest BCUT2D eigenvalue weighted by molar-refractivity contribution is 5.78. The lowest BCUT2D eigenvalue weighted by atomic mass is 9.72. The quantitative estimate of drug-likeness (QED) is 0.765. The zero-order valence-corrected chi connectivity index (χ0v) is 15.6. The van der Waals surface area contributed by atoms with Crippen molar-refractivity contribution in [2.24, 2.45) is 11.8 Å². The predicted molar refractivity (Wildman–Crippen MR) is 96.0 cm³/mol. The average molecular weight is 338 g/mol. The summed E-state index contributed by atoms with van der Waals surface area (Å²) >= 11 is 0. The molecule has 0 aromatic rings. The first-order valence-corrected chi connectivity index (χ1v) is 9.92. The fourth-order valence-corrected chi connectivity index (χ4v) is 4.90. The molecule has 3 fully saturated rings. The van der Waals surface area contributed by atoms with E-state index >= 15 is 0 Å². The van der Waals surface area contributed by atoms with Crippen LogP contribution in [0.5, 0.6) is 0 Å². The molecule has 138 valence electrons. The van der Waals surface area contributed by atoms with Gasteiger partial charge in [-0.2, -0.15) is 0 Å². The highest BCUT2D eigenvalue weighted by atomic mass is 16.5. The van der Waals surface area contributed by atoms with Gasteiger partial charge in [0.05, 0.1) is 13.2 Å². The molecule has 1 amide bonds. The molecule has 0 spiro atoms. The molecule has 3 atom stereocenters. The Bertz CT molecular complexity index is 409. The monoisotopic (exact) mass is 337 g/mol. The minimum Gasteiger partial charge on any atom is -0.383 e. The molecule has 0 radical (unpaired) electrons. The Labute approximate surface area is 147 Å². The summed E-state index contributed by atoms with van der Waals surface area (Å²) in [6.07, 6.45) is 6.41. The highest BCUT2D eigenvalue weighted by Crippen LogP contribution is 2.38. The van der Waals surface area contributed by atoms with Crippen molar-refractivity contribution >= 4 is 5.91 Å². The minimum atomic E-state index is 0.379. The number of hydrogen-bond donors (Lipinski definition) is 0. The lowest BCUT2D eigenvalue weighted by molar-refractivity contribution is -0.140. The number of ether oxygens (including phenoxy) is 1. The maximum atomic E-state index is 12.9. The molecule has 1 saturated carbocycles. The summed E-state index contributed by atoms with van der Waals surface area (Å²) in [6, 6.07) is 0.526. The molecule has 0 bridgehead atoms. The summed E-state index contributed by atoms with van der Waals surface area (Å²) in [7, 11) is 1.76. The van der Waals surface area contributed by atoms with Gasteiger partial charge >= 0.3 is 0 Å². The number of piperazine rings is 1. The van der Waals surface area contributed by atoms with Gasteiger partial charge in [0, 0.05) is 52.4 Å².